The molecule has 3 rings (SSSR count). The van der Waals surface area contributed by atoms with Crippen molar-refractivity contribution in [2.75, 3.05) is 11.1 Å². The molecule has 130 valence electrons. The van der Waals surface area contributed by atoms with E-state index in [0.717, 1.165) is 11.8 Å². The molecule has 3 heterocycles. The molecule has 3 aromatic heterocycles. The number of thioether (sulfide) groups is 1. The second-order valence-electron chi connectivity index (χ2n) is 4.88. The Balaban J connectivity index is 1.74. The van der Waals surface area contributed by atoms with Crippen molar-refractivity contribution < 1.29 is 9.21 Å². The molecule has 0 radical (unpaired) electrons. The van der Waals surface area contributed by atoms with Crippen LogP contribution in [0.2, 0.25) is 5.02 Å². The lowest BCUT2D eigenvalue weighted by Gasteiger charge is -2.05. The van der Waals surface area contributed by atoms with Crippen molar-refractivity contribution in [2.24, 2.45) is 0 Å². The van der Waals surface area contributed by atoms with Gasteiger partial charge in [0.05, 0.1) is 17.0 Å². The van der Waals surface area contributed by atoms with Crippen LogP contribution in [0.15, 0.2) is 51.1 Å². The average Bonchev–Trinajstić information content (AvgIpc) is 3.16. The molecule has 0 spiro atoms. The van der Waals surface area contributed by atoms with Gasteiger partial charge in [-0.05, 0) is 24.3 Å². The number of rotatable bonds is 5. The van der Waals surface area contributed by atoms with E-state index in [1.165, 1.54) is 12.5 Å². The molecule has 0 unspecified atom stereocenters. The first-order valence-electron chi connectivity index (χ1n) is 7.19. The van der Waals surface area contributed by atoms with E-state index in [9.17, 15) is 9.59 Å². The summed E-state index contributed by atoms with van der Waals surface area (Å²) in [5, 5.41) is 12.4. The summed E-state index contributed by atoms with van der Waals surface area (Å²) in [4.78, 5) is 34.7. The van der Waals surface area contributed by atoms with Crippen molar-refractivity contribution in [1.82, 2.24) is 15.0 Å². The molecule has 0 aliphatic rings. The molecule has 2 N–H and O–H groups in total. The zero-order valence-electron chi connectivity index (χ0n) is 13.0. The number of pyridine rings is 1. The van der Waals surface area contributed by atoms with E-state index < -0.39 is 5.56 Å². The normalized spacial score (nSPS) is 10.3. The van der Waals surface area contributed by atoms with Gasteiger partial charge in [0, 0.05) is 6.20 Å². The third-order valence-electron chi connectivity index (χ3n) is 3.10. The Morgan fingerprint density at radius 3 is 2.92 bits per heavy atom. The second kappa shape index (κ2) is 7.86. The van der Waals surface area contributed by atoms with Crippen LogP contribution >= 0.6 is 23.4 Å². The number of carbonyl (C=O) groups is 1. The lowest BCUT2D eigenvalue weighted by Crippen LogP contribution is -2.17. The Hall–Kier alpha value is -3.09. The van der Waals surface area contributed by atoms with Gasteiger partial charge < -0.3 is 14.7 Å². The van der Waals surface area contributed by atoms with Gasteiger partial charge in [-0.25, -0.2) is 9.97 Å². The number of hydrogen-bond acceptors (Lipinski definition) is 7. The van der Waals surface area contributed by atoms with Gasteiger partial charge in [-0.3, -0.25) is 9.59 Å². The summed E-state index contributed by atoms with van der Waals surface area (Å²) in [5.74, 6) is 0.301. The Labute approximate surface area is 156 Å². The summed E-state index contributed by atoms with van der Waals surface area (Å²) < 4.78 is 5.21. The Morgan fingerprint density at radius 2 is 2.27 bits per heavy atom. The maximum Gasteiger partial charge on any atom is 0.270 e. The van der Waals surface area contributed by atoms with E-state index in [-0.39, 0.29) is 28.1 Å². The molecule has 0 atom stereocenters. The predicted molar refractivity (Wildman–Crippen MR) is 95.9 cm³/mol. The van der Waals surface area contributed by atoms with Gasteiger partial charge in [-0.15, -0.1) is 0 Å². The smallest absolute Gasteiger partial charge is 0.270 e. The molecule has 10 heteroatoms. The van der Waals surface area contributed by atoms with E-state index in [4.69, 9.17) is 21.3 Å². The van der Waals surface area contributed by atoms with Gasteiger partial charge in [0.1, 0.15) is 23.1 Å². The highest BCUT2D eigenvalue weighted by Crippen LogP contribution is 2.22. The molecule has 0 fully saturated rings. The van der Waals surface area contributed by atoms with Crippen LogP contribution in [0.25, 0.3) is 11.5 Å². The molecule has 0 saturated heterocycles. The second-order valence-corrected chi connectivity index (χ2v) is 6.28. The van der Waals surface area contributed by atoms with Crippen LogP contribution in [0.1, 0.15) is 5.56 Å². The summed E-state index contributed by atoms with van der Waals surface area (Å²) in [6, 6.07) is 8.20. The topological polar surface area (TPSA) is 125 Å². The molecule has 8 nitrogen and oxygen atoms in total. The maximum absolute atomic E-state index is 12.1. The number of aromatic nitrogens is 3. The van der Waals surface area contributed by atoms with Crippen LogP contribution < -0.4 is 10.9 Å². The Kier molecular flexibility index (Phi) is 5.36. The van der Waals surface area contributed by atoms with E-state index in [1.807, 2.05) is 6.07 Å². The number of aromatic amines is 1. The van der Waals surface area contributed by atoms with Crippen LogP contribution in [-0.2, 0) is 4.79 Å². The van der Waals surface area contributed by atoms with Crippen LogP contribution in [0.5, 0.6) is 0 Å². The first-order valence-corrected chi connectivity index (χ1v) is 8.55. The Morgan fingerprint density at radius 1 is 1.42 bits per heavy atom. The fraction of sp³-hybridized carbons (Fsp3) is 0.0625. The number of carbonyl (C=O) groups excluding carboxylic acids is 1. The van der Waals surface area contributed by atoms with Gasteiger partial charge in [-0.1, -0.05) is 23.4 Å². The third kappa shape index (κ3) is 4.11. The number of nitrogens with one attached hydrogen (secondary N) is 2. The van der Waals surface area contributed by atoms with Gasteiger partial charge in [-0.2, -0.15) is 5.26 Å². The first-order chi connectivity index (χ1) is 12.6. The van der Waals surface area contributed by atoms with Crippen molar-refractivity contribution in [1.29, 1.82) is 5.26 Å². The lowest BCUT2D eigenvalue weighted by atomic mass is 10.2. The summed E-state index contributed by atoms with van der Waals surface area (Å²) >= 11 is 6.75. The fourth-order valence-electron chi connectivity index (χ4n) is 1.98. The molecule has 0 aliphatic heterocycles. The molecule has 0 saturated carbocycles. The van der Waals surface area contributed by atoms with Gasteiger partial charge in [0.25, 0.3) is 5.56 Å². The molecule has 26 heavy (non-hydrogen) atoms. The molecule has 3 aromatic rings. The lowest BCUT2D eigenvalue weighted by molar-refractivity contribution is -0.113. The number of H-pyrrole nitrogens is 1. The van der Waals surface area contributed by atoms with Crippen molar-refractivity contribution >= 4 is 35.1 Å². The van der Waals surface area contributed by atoms with Gasteiger partial charge in [0.2, 0.25) is 5.91 Å². The Bertz CT molecular complexity index is 1030. The highest BCUT2D eigenvalue weighted by atomic mass is 35.5. The minimum absolute atomic E-state index is 0.0171. The number of hydrogen-bond donors (Lipinski definition) is 2. The van der Waals surface area contributed by atoms with Crippen molar-refractivity contribution in [3.8, 4) is 17.5 Å². The molecule has 0 bridgehead atoms. The number of amides is 1. The van der Waals surface area contributed by atoms with E-state index in [0.29, 0.717) is 16.6 Å². The van der Waals surface area contributed by atoms with Crippen LogP contribution in [0.4, 0.5) is 5.82 Å². The van der Waals surface area contributed by atoms with Crippen LogP contribution in [0.3, 0.4) is 0 Å². The van der Waals surface area contributed by atoms with Crippen molar-refractivity contribution in [3.63, 3.8) is 0 Å². The standard InChI is InChI=1S/C16H10ClN5O3S/c17-9-3-4-12(19-7-9)20-13(23)8-26-16-21-14(11-2-1-5-25-11)10(6-18)15(24)22-16/h1-5,7H,8H2,(H,19,20,23)(H,21,22,24). The summed E-state index contributed by atoms with van der Waals surface area (Å²) in [6.45, 7) is 0. The minimum atomic E-state index is -0.601. The highest BCUT2D eigenvalue weighted by molar-refractivity contribution is 7.99. The van der Waals surface area contributed by atoms with Crippen LogP contribution in [0, 0.1) is 11.3 Å². The largest absolute Gasteiger partial charge is 0.463 e. The quantitative estimate of drug-likeness (QED) is 0.509. The molecule has 1 amide bonds. The summed E-state index contributed by atoms with van der Waals surface area (Å²) in [7, 11) is 0. The summed E-state index contributed by atoms with van der Waals surface area (Å²) in [6.07, 6.45) is 2.83. The highest BCUT2D eigenvalue weighted by Gasteiger charge is 2.16. The van der Waals surface area contributed by atoms with E-state index >= 15 is 0 Å². The van der Waals surface area contributed by atoms with Crippen molar-refractivity contribution in [3.05, 3.63) is 57.7 Å². The summed E-state index contributed by atoms with van der Waals surface area (Å²) in [5.41, 5.74) is -0.626. The van der Waals surface area contributed by atoms with Crippen LogP contribution in [-0.4, -0.2) is 26.6 Å². The molecule has 0 aliphatic carbocycles. The average molecular weight is 388 g/mol. The van der Waals surface area contributed by atoms with Crippen molar-refractivity contribution in [2.45, 2.75) is 5.16 Å². The molecule has 0 aromatic carbocycles. The maximum atomic E-state index is 12.1. The van der Waals surface area contributed by atoms with Gasteiger partial charge in [0.15, 0.2) is 10.9 Å². The fourth-order valence-corrected chi connectivity index (χ4v) is 2.75. The number of furan rings is 1. The molecular weight excluding hydrogens is 378 g/mol. The number of nitriles is 1. The predicted octanol–water partition coefficient (Wildman–Crippen LogP) is 2.68. The third-order valence-corrected chi connectivity index (χ3v) is 4.20. The zero-order chi connectivity index (χ0) is 18.5. The van der Waals surface area contributed by atoms with E-state index in [2.05, 4.69) is 20.3 Å². The number of anilines is 1. The van der Waals surface area contributed by atoms with Gasteiger partial charge >= 0.3 is 0 Å². The first kappa shape index (κ1) is 17.7. The number of nitrogens with zero attached hydrogens (tertiary/aromatic N) is 3. The monoisotopic (exact) mass is 387 g/mol. The SMILES string of the molecule is N#Cc1c(-c2ccco2)nc(SCC(=O)Nc2ccc(Cl)cn2)[nH]c1=O. The molecular formula is C16H10ClN5O3S. The number of halogens is 1. The van der Waals surface area contributed by atoms with E-state index in [1.54, 1.807) is 24.3 Å². The minimum Gasteiger partial charge on any atom is -0.463 e. The zero-order valence-corrected chi connectivity index (χ0v) is 14.6.